The number of carbonyl (C=O) groups is 1. The molecule has 28 heavy (non-hydrogen) atoms. The van der Waals surface area contributed by atoms with E-state index in [9.17, 15) is 26.4 Å². The number of halogens is 3. The van der Waals surface area contributed by atoms with Gasteiger partial charge in [-0.3, -0.25) is 4.79 Å². The molecule has 2 aromatic rings. The molecule has 1 aliphatic carbocycles. The van der Waals surface area contributed by atoms with Crippen molar-refractivity contribution in [2.24, 2.45) is 5.92 Å². The van der Waals surface area contributed by atoms with Crippen LogP contribution < -0.4 is 5.32 Å². The lowest BCUT2D eigenvalue weighted by molar-refractivity contribution is -0.138. The van der Waals surface area contributed by atoms with Crippen LogP contribution in [0.2, 0.25) is 0 Å². The minimum Gasteiger partial charge on any atom is -0.302 e. The molecule has 1 fully saturated rings. The Morgan fingerprint density at radius 3 is 2.61 bits per heavy atom. The Bertz CT molecular complexity index is 969. The zero-order valence-corrected chi connectivity index (χ0v) is 16.5. The van der Waals surface area contributed by atoms with Crippen molar-refractivity contribution < 1.29 is 26.4 Å². The van der Waals surface area contributed by atoms with E-state index in [4.69, 9.17) is 0 Å². The monoisotopic (exact) mass is 433 g/mol. The molecule has 1 heterocycles. The van der Waals surface area contributed by atoms with Gasteiger partial charge in [0.1, 0.15) is 0 Å². The molecule has 6 nitrogen and oxygen atoms in total. The highest BCUT2D eigenvalue weighted by Gasteiger charge is 2.37. The molecule has 1 saturated carbocycles. The summed E-state index contributed by atoms with van der Waals surface area (Å²) in [7, 11) is -4.06. The van der Waals surface area contributed by atoms with Gasteiger partial charge in [0, 0.05) is 20.0 Å². The minimum atomic E-state index is -4.57. The van der Waals surface area contributed by atoms with Gasteiger partial charge in [-0.05, 0) is 30.4 Å². The summed E-state index contributed by atoms with van der Waals surface area (Å²) in [6, 6.07) is 4.95. The van der Waals surface area contributed by atoms with Gasteiger partial charge in [-0.1, -0.05) is 29.5 Å². The first-order chi connectivity index (χ1) is 13.1. The number of hydrogen-bond donors (Lipinski definition) is 1. The zero-order valence-electron chi connectivity index (χ0n) is 14.9. The highest BCUT2D eigenvalue weighted by atomic mass is 32.2. The number of benzene rings is 1. The fourth-order valence-corrected chi connectivity index (χ4v) is 5.40. The van der Waals surface area contributed by atoms with Gasteiger partial charge in [0.2, 0.25) is 5.91 Å². The van der Waals surface area contributed by atoms with Crippen LogP contribution >= 0.6 is 11.3 Å². The van der Waals surface area contributed by atoms with E-state index in [0.29, 0.717) is 0 Å². The van der Waals surface area contributed by atoms with E-state index in [1.54, 1.807) is 0 Å². The second-order valence-electron chi connectivity index (χ2n) is 6.56. The summed E-state index contributed by atoms with van der Waals surface area (Å²) in [5.74, 6) is -0.261. The second kappa shape index (κ2) is 7.80. The number of thiazole rings is 1. The van der Waals surface area contributed by atoms with Crippen molar-refractivity contribution in [2.75, 3.05) is 11.9 Å². The number of alkyl halides is 3. The molecular formula is C17H18F3N3O3S2. The number of sulfonamides is 1. The van der Waals surface area contributed by atoms with Crippen LogP contribution in [-0.2, 0) is 27.5 Å². The highest BCUT2D eigenvalue weighted by Crippen LogP contribution is 2.36. The predicted octanol–water partition coefficient (Wildman–Crippen LogP) is 3.72. The molecule has 0 atom stereocenters. The zero-order chi connectivity index (χ0) is 20.5. The van der Waals surface area contributed by atoms with E-state index >= 15 is 0 Å². The summed E-state index contributed by atoms with van der Waals surface area (Å²) in [4.78, 5) is 15.0. The molecule has 1 aliphatic rings. The molecule has 1 N–H and O–H groups in total. The third-order valence-corrected chi connectivity index (χ3v) is 7.35. The van der Waals surface area contributed by atoms with Gasteiger partial charge in [0.05, 0.1) is 11.8 Å². The summed E-state index contributed by atoms with van der Waals surface area (Å²) >= 11 is 0.769. The predicted molar refractivity (Wildman–Crippen MR) is 98.2 cm³/mol. The van der Waals surface area contributed by atoms with Gasteiger partial charge >= 0.3 is 6.18 Å². The number of amides is 1. The number of aromatic nitrogens is 1. The molecule has 0 spiro atoms. The van der Waals surface area contributed by atoms with Crippen molar-refractivity contribution in [3.8, 4) is 0 Å². The van der Waals surface area contributed by atoms with E-state index in [1.807, 2.05) is 0 Å². The Morgan fingerprint density at radius 1 is 1.32 bits per heavy atom. The van der Waals surface area contributed by atoms with E-state index in [-0.39, 0.29) is 33.9 Å². The summed E-state index contributed by atoms with van der Waals surface area (Å²) in [5, 5.41) is 2.52. The maximum Gasteiger partial charge on any atom is 0.416 e. The molecule has 11 heteroatoms. The van der Waals surface area contributed by atoms with Crippen molar-refractivity contribution in [2.45, 2.75) is 36.7 Å². The molecule has 0 saturated heterocycles. The molecule has 152 valence electrons. The Kier molecular flexibility index (Phi) is 5.78. The van der Waals surface area contributed by atoms with Crippen LogP contribution in [0.25, 0.3) is 0 Å². The molecular weight excluding hydrogens is 415 g/mol. The first kappa shape index (κ1) is 20.7. The van der Waals surface area contributed by atoms with Crippen LogP contribution in [0.5, 0.6) is 0 Å². The van der Waals surface area contributed by atoms with Gasteiger partial charge in [-0.15, -0.1) is 0 Å². The largest absolute Gasteiger partial charge is 0.416 e. The van der Waals surface area contributed by atoms with Gasteiger partial charge < -0.3 is 5.32 Å². The molecule has 0 unspecified atom stereocenters. The lowest BCUT2D eigenvalue weighted by Gasteiger charge is -2.23. The molecule has 1 aromatic heterocycles. The third kappa shape index (κ3) is 4.89. The van der Waals surface area contributed by atoms with Gasteiger partial charge in [0.15, 0.2) is 9.34 Å². The van der Waals surface area contributed by atoms with Gasteiger partial charge in [0.25, 0.3) is 10.0 Å². The lowest BCUT2D eigenvalue weighted by Crippen LogP contribution is -2.33. The number of nitrogens with zero attached hydrogens (tertiary/aromatic N) is 2. The fraction of sp³-hybridized carbons (Fsp3) is 0.412. The average molecular weight is 433 g/mol. The Morgan fingerprint density at radius 2 is 2.00 bits per heavy atom. The van der Waals surface area contributed by atoms with Crippen LogP contribution in [0.1, 0.15) is 30.9 Å². The summed E-state index contributed by atoms with van der Waals surface area (Å²) in [5.41, 5.74) is -0.958. The van der Waals surface area contributed by atoms with E-state index in [0.717, 1.165) is 40.7 Å². The highest BCUT2D eigenvalue weighted by molar-refractivity contribution is 7.91. The molecule has 0 radical (unpaired) electrons. The molecule has 1 amide bonds. The van der Waals surface area contributed by atoms with Crippen molar-refractivity contribution >= 4 is 32.4 Å². The van der Waals surface area contributed by atoms with Crippen molar-refractivity contribution in [3.63, 3.8) is 0 Å². The molecule has 0 aliphatic heterocycles. The normalized spacial score (nSPS) is 15.0. The summed E-state index contributed by atoms with van der Waals surface area (Å²) < 4.78 is 67.0. The van der Waals surface area contributed by atoms with Crippen molar-refractivity contribution in [3.05, 3.63) is 41.6 Å². The number of rotatable bonds is 7. The van der Waals surface area contributed by atoms with E-state index < -0.39 is 27.7 Å². The van der Waals surface area contributed by atoms with E-state index in [1.165, 1.54) is 25.1 Å². The molecule has 3 rings (SSSR count). The van der Waals surface area contributed by atoms with Crippen LogP contribution in [0.4, 0.5) is 18.3 Å². The van der Waals surface area contributed by atoms with Gasteiger partial charge in [-0.2, -0.15) is 17.5 Å². The number of carbonyl (C=O) groups excluding carboxylic acids is 1. The van der Waals surface area contributed by atoms with Crippen LogP contribution in [0, 0.1) is 5.92 Å². The third-order valence-electron chi connectivity index (χ3n) is 4.19. The maximum atomic E-state index is 13.3. The lowest BCUT2D eigenvalue weighted by atomic mass is 10.1. The first-order valence-electron chi connectivity index (χ1n) is 8.46. The standard InChI is InChI=1S/C17H18F3N3O3S2/c1-11(24)22-16-21-8-15(27-16)28(25,26)23(9-12-6-7-12)10-13-4-2-3-5-14(13)17(18,19)20/h2-5,8,12H,6-7,9-10H2,1H3,(H,21,22,24). The van der Waals surface area contributed by atoms with Crippen LogP contribution in [0.15, 0.2) is 34.7 Å². The molecule has 1 aromatic carbocycles. The van der Waals surface area contributed by atoms with E-state index in [2.05, 4.69) is 10.3 Å². The second-order valence-corrected chi connectivity index (χ2v) is 9.76. The fourth-order valence-electron chi connectivity index (χ4n) is 2.67. The number of hydrogen-bond acceptors (Lipinski definition) is 5. The Hall–Kier alpha value is -1.98. The topological polar surface area (TPSA) is 79.4 Å². The smallest absolute Gasteiger partial charge is 0.302 e. The van der Waals surface area contributed by atoms with Crippen LogP contribution in [-0.4, -0.2) is 30.2 Å². The summed E-state index contributed by atoms with van der Waals surface area (Å²) in [6.07, 6.45) is -1.78. The quantitative estimate of drug-likeness (QED) is 0.722. The SMILES string of the molecule is CC(=O)Nc1ncc(S(=O)(=O)N(Cc2ccccc2C(F)(F)F)CC2CC2)s1. The van der Waals surface area contributed by atoms with Crippen LogP contribution in [0.3, 0.4) is 0 Å². The van der Waals surface area contributed by atoms with Gasteiger partial charge in [-0.25, -0.2) is 13.4 Å². The van der Waals surface area contributed by atoms with Crippen molar-refractivity contribution in [1.29, 1.82) is 0 Å². The Labute approximate surface area is 164 Å². The summed E-state index contributed by atoms with van der Waals surface area (Å²) in [6.45, 7) is 1.02. The number of nitrogens with one attached hydrogen (secondary N) is 1. The number of anilines is 1. The minimum absolute atomic E-state index is 0.106. The molecule has 0 bridgehead atoms. The average Bonchev–Trinajstić information content (AvgIpc) is 3.29. The van der Waals surface area contributed by atoms with Crippen molar-refractivity contribution in [1.82, 2.24) is 9.29 Å². The maximum absolute atomic E-state index is 13.3. The first-order valence-corrected chi connectivity index (χ1v) is 10.7. The Balaban J connectivity index is 1.92.